The van der Waals surface area contributed by atoms with Gasteiger partial charge in [0.1, 0.15) is 0 Å². The van der Waals surface area contributed by atoms with E-state index >= 15 is 0 Å². The second kappa shape index (κ2) is 9.52. The molecule has 1 aliphatic carbocycles. The van der Waals surface area contributed by atoms with Gasteiger partial charge in [0.15, 0.2) is 0 Å². The molecule has 4 nitrogen and oxygen atoms in total. The first-order valence-corrected chi connectivity index (χ1v) is 10.4. The SMILES string of the molecule is CC(=Cc1ccccc1)[C@@H]1C[C@H]1NCC1CCN(CCC(=O)N(C)C)CC1. The van der Waals surface area contributed by atoms with E-state index in [1.54, 1.807) is 4.90 Å². The standard InChI is InChI=1S/C23H35N3O/c1-18(15-19-7-5-4-6-8-19)21-16-22(21)24-17-20-9-12-26(13-10-20)14-11-23(27)25(2)3/h4-8,15,20-22,24H,9-14,16-17H2,1-3H3/t21-,22+/m0/s1. The average molecular weight is 370 g/mol. The van der Waals surface area contributed by atoms with Crippen LogP contribution < -0.4 is 5.32 Å². The normalized spacial score (nSPS) is 24.0. The summed E-state index contributed by atoms with van der Waals surface area (Å²) >= 11 is 0. The highest BCUT2D eigenvalue weighted by molar-refractivity contribution is 5.75. The summed E-state index contributed by atoms with van der Waals surface area (Å²) in [5.41, 5.74) is 2.81. The quantitative estimate of drug-likeness (QED) is 0.764. The van der Waals surface area contributed by atoms with Crippen LogP contribution in [0.3, 0.4) is 0 Å². The number of amides is 1. The van der Waals surface area contributed by atoms with Gasteiger partial charge < -0.3 is 15.1 Å². The van der Waals surface area contributed by atoms with Crippen molar-refractivity contribution in [3.63, 3.8) is 0 Å². The minimum absolute atomic E-state index is 0.234. The van der Waals surface area contributed by atoms with Gasteiger partial charge in [0.2, 0.25) is 5.91 Å². The fourth-order valence-corrected chi connectivity index (χ4v) is 4.05. The third kappa shape index (κ3) is 6.18. The van der Waals surface area contributed by atoms with Crippen LogP contribution in [0, 0.1) is 11.8 Å². The highest BCUT2D eigenvalue weighted by Crippen LogP contribution is 2.38. The third-order valence-corrected chi connectivity index (χ3v) is 6.09. The largest absolute Gasteiger partial charge is 0.349 e. The van der Waals surface area contributed by atoms with Crippen LogP contribution in [-0.4, -0.2) is 62.0 Å². The van der Waals surface area contributed by atoms with Crippen LogP contribution in [0.4, 0.5) is 0 Å². The lowest BCUT2D eigenvalue weighted by Gasteiger charge is -2.32. The minimum atomic E-state index is 0.234. The number of nitrogens with zero attached hydrogens (tertiary/aromatic N) is 2. The maximum Gasteiger partial charge on any atom is 0.223 e. The summed E-state index contributed by atoms with van der Waals surface area (Å²) < 4.78 is 0. The summed E-state index contributed by atoms with van der Waals surface area (Å²) in [7, 11) is 3.67. The van der Waals surface area contributed by atoms with Crippen LogP contribution in [0.2, 0.25) is 0 Å². The lowest BCUT2D eigenvalue weighted by Crippen LogP contribution is -2.39. The van der Waals surface area contributed by atoms with Gasteiger partial charge in [-0.15, -0.1) is 0 Å². The molecule has 1 aromatic carbocycles. The van der Waals surface area contributed by atoms with Gasteiger partial charge in [-0.3, -0.25) is 4.79 Å². The van der Waals surface area contributed by atoms with E-state index in [0.717, 1.165) is 32.1 Å². The predicted molar refractivity (Wildman–Crippen MR) is 112 cm³/mol. The second-order valence-electron chi connectivity index (χ2n) is 8.48. The number of benzene rings is 1. The molecule has 1 heterocycles. The zero-order valence-electron chi connectivity index (χ0n) is 17.2. The summed E-state index contributed by atoms with van der Waals surface area (Å²) in [6, 6.07) is 11.3. The van der Waals surface area contributed by atoms with Crippen LogP contribution in [0.15, 0.2) is 35.9 Å². The van der Waals surface area contributed by atoms with Crippen molar-refractivity contribution in [1.29, 1.82) is 0 Å². The van der Waals surface area contributed by atoms with Gasteiger partial charge in [0, 0.05) is 33.1 Å². The van der Waals surface area contributed by atoms with E-state index in [4.69, 9.17) is 0 Å². The van der Waals surface area contributed by atoms with E-state index < -0.39 is 0 Å². The maximum atomic E-state index is 11.7. The molecule has 1 amide bonds. The number of carbonyl (C=O) groups excluding carboxylic acids is 1. The van der Waals surface area contributed by atoms with Crippen molar-refractivity contribution >= 4 is 12.0 Å². The van der Waals surface area contributed by atoms with Crippen molar-refractivity contribution in [2.75, 3.05) is 40.3 Å². The molecule has 1 aliphatic heterocycles. The number of hydrogen-bond acceptors (Lipinski definition) is 3. The molecule has 1 saturated heterocycles. The number of piperidine rings is 1. The Labute approximate surface area is 164 Å². The van der Waals surface area contributed by atoms with E-state index in [0.29, 0.717) is 18.4 Å². The van der Waals surface area contributed by atoms with E-state index in [-0.39, 0.29) is 5.91 Å². The monoisotopic (exact) mass is 369 g/mol. The van der Waals surface area contributed by atoms with Crippen molar-refractivity contribution in [1.82, 2.24) is 15.1 Å². The van der Waals surface area contributed by atoms with Crippen LogP contribution in [0.1, 0.15) is 38.2 Å². The molecule has 4 heteroatoms. The van der Waals surface area contributed by atoms with Gasteiger partial charge in [0.05, 0.1) is 0 Å². The van der Waals surface area contributed by atoms with Gasteiger partial charge in [-0.1, -0.05) is 42.0 Å². The van der Waals surface area contributed by atoms with Crippen molar-refractivity contribution in [2.24, 2.45) is 11.8 Å². The lowest BCUT2D eigenvalue weighted by atomic mass is 9.96. The van der Waals surface area contributed by atoms with Crippen LogP contribution in [0.25, 0.3) is 6.08 Å². The summed E-state index contributed by atoms with van der Waals surface area (Å²) in [5, 5.41) is 3.80. The van der Waals surface area contributed by atoms with Crippen molar-refractivity contribution in [3.05, 3.63) is 41.5 Å². The van der Waals surface area contributed by atoms with E-state index in [2.05, 4.69) is 53.5 Å². The molecular formula is C23H35N3O. The number of rotatable bonds is 8. The van der Waals surface area contributed by atoms with E-state index in [1.807, 2.05) is 14.1 Å². The van der Waals surface area contributed by atoms with Gasteiger partial charge in [-0.25, -0.2) is 0 Å². The summed E-state index contributed by atoms with van der Waals surface area (Å²) in [6.45, 7) is 6.59. The van der Waals surface area contributed by atoms with Gasteiger partial charge in [-0.05, 0) is 63.2 Å². The topological polar surface area (TPSA) is 35.6 Å². The predicted octanol–water partition coefficient (Wildman–Crippen LogP) is 3.26. The number of nitrogens with one attached hydrogen (secondary N) is 1. The molecule has 2 fully saturated rings. The molecule has 27 heavy (non-hydrogen) atoms. The van der Waals surface area contributed by atoms with E-state index in [9.17, 15) is 4.79 Å². The molecular weight excluding hydrogens is 334 g/mol. The van der Waals surface area contributed by atoms with Gasteiger partial charge >= 0.3 is 0 Å². The first-order chi connectivity index (χ1) is 13.0. The zero-order valence-corrected chi connectivity index (χ0v) is 17.2. The smallest absolute Gasteiger partial charge is 0.223 e. The Morgan fingerprint density at radius 1 is 1.22 bits per heavy atom. The average Bonchev–Trinajstić information content (AvgIpc) is 3.46. The molecule has 0 radical (unpaired) electrons. The Bertz CT molecular complexity index is 632. The number of carbonyl (C=O) groups is 1. The maximum absolute atomic E-state index is 11.7. The Hall–Kier alpha value is -1.65. The first kappa shape index (κ1) is 20.1. The first-order valence-electron chi connectivity index (χ1n) is 10.4. The molecule has 2 atom stereocenters. The molecule has 0 unspecified atom stereocenters. The van der Waals surface area contributed by atoms with Crippen LogP contribution in [-0.2, 0) is 4.79 Å². The molecule has 3 rings (SSSR count). The molecule has 148 valence electrons. The summed E-state index contributed by atoms with van der Waals surface area (Å²) in [4.78, 5) is 15.9. The minimum Gasteiger partial charge on any atom is -0.349 e. The second-order valence-corrected chi connectivity index (χ2v) is 8.48. The number of hydrogen-bond donors (Lipinski definition) is 1. The lowest BCUT2D eigenvalue weighted by molar-refractivity contribution is -0.129. The molecule has 1 saturated carbocycles. The summed E-state index contributed by atoms with van der Waals surface area (Å²) in [5.74, 6) is 1.73. The van der Waals surface area contributed by atoms with Crippen molar-refractivity contribution < 1.29 is 4.79 Å². The van der Waals surface area contributed by atoms with E-state index in [1.165, 1.54) is 30.4 Å². The Balaban J connectivity index is 1.32. The highest BCUT2D eigenvalue weighted by Gasteiger charge is 2.38. The Kier molecular flexibility index (Phi) is 7.08. The highest BCUT2D eigenvalue weighted by atomic mass is 16.2. The molecule has 1 N–H and O–H groups in total. The molecule has 2 aliphatic rings. The Morgan fingerprint density at radius 2 is 1.93 bits per heavy atom. The molecule has 0 bridgehead atoms. The Morgan fingerprint density at radius 3 is 2.59 bits per heavy atom. The fourth-order valence-electron chi connectivity index (χ4n) is 4.05. The van der Waals surface area contributed by atoms with Gasteiger partial charge in [0.25, 0.3) is 0 Å². The van der Waals surface area contributed by atoms with Crippen molar-refractivity contribution in [2.45, 2.75) is 38.6 Å². The number of likely N-dealkylation sites (tertiary alicyclic amines) is 1. The summed E-state index contributed by atoms with van der Waals surface area (Å²) in [6.07, 6.45) is 6.76. The van der Waals surface area contributed by atoms with Crippen LogP contribution >= 0.6 is 0 Å². The zero-order chi connectivity index (χ0) is 19.2. The van der Waals surface area contributed by atoms with Gasteiger partial charge in [-0.2, -0.15) is 0 Å². The molecule has 0 aromatic heterocycles. The van der Waals surface area contributed by atoms with Crippen LogP contribution in [0.5, 0.6) is 0 Å². The molecule has 0 spiro atoms. The third-order valence-electron chi connectivity index (χ3n) is 6.09. The molecule has 1 aromatic rings. The van der Waals surface area contributed by atoms with Crippen molar-refractivity contribution in [3.8, 4) is 0 Å². The fraction of sp³-hybridized carbons (Fsp3) is 0.609.